The summed E-state index contributed by atoms with van der Waals surface area (Å²) in [4.78, 5) is 14.7. The minimum atomic E-state index is 0.135. The minimum absolute atomic E-state index is 0.135. The highest BCUT2D eigenvalue weighted by Gasteiger charge is 2.30. The van der Waals surface area contributed by atoms with Gasteiger partial charge in [0.15, 0.2) is 0 Å². The number of benzene rings is 1. The van der Waals surface area contributed by atoms with Crippen molar-refractivity contribution in [1.29, 1.82) is 0 Å². The van der Waals surface area contributed by atoms with E-state index in [9.17, 15) is 4.79 Å². The molecule has 1 aromatic carbocycles. The van der Waals surface area contributed by atoms with E-state index in [1.165, 1.54) is 12.0 Å². The number of hydrogen-bond donors (Lipinski definition) is 1. The van der Waals surface area contributed by atoms with Crippen LogP contribution in [0.25, 0.3) is 0 Å². The molecule has 1 aromatic rings. The van der Waals surface area contributed by atoms with E-state index in [0.717, 1.165) is 24.9 Å². The average Bonchev–Trinajstić information content (AvgIpc) is 2.53. The molecule has 0 radical (unpaired) electrons. The first kappa shape index (κ1) is 16.0. The average molecular weight is 288 g/mol. The molecule has 2 atom stereocenters. The monoisotopic (exact) mass is 288 g/mol. The Balaban J connectivity index is 2.11. The van der Waals surface area contributed by atoms with Gasteiger partial charge in [-0.25, -0.2) is 0 Å². The Labute approximate surface area is 128 Å². The summed E-state index contributed by atoms with van der Waals surface area (Å²) in [6.45, 7) is 7.95. The van der Waals surface area contributed by atoms with Crippen molar-refractivity contribution < 1.29 is 4.79 Å². The van der Waals surface area contributed by atoms with Crippen molar-refractivity contribution in [2.24, 2.45) is 11.7 Å². The van der Waals surface area contributed by atoms with Gasteiger partial charge >= 0.3 is 0 Å². The number of likely N-dealkylation sites (tertiary alicyclic amines) is 1. The van der Waals surface area contributed by atoms with E-state index < -0.39 is 0 Å². The van der Waals surface area contributed by atoms with E-state index in [-0.39, 0.29) is 11.9 Å². The maximum absolute atomic E-state index is 12.7. The number of carbonyl (C=O) groups is 1. The summed E-state index contributed by atoms with van der Waals surface area (Å²) in [6.07, 6.45) is 3.33. The van der Waals surface area contributed by atoms with Crippen LogP contribution in [-0.2, 0) is 0 Å². The molecular weight excluding hydrogens is 260 g/mol. The van der Waals surface area contributed by atoms with E-state index in [1.54, 1.807) is 0 Å². The van der Waals surface area contributed by atoms with Crippen molar-refractivity contribution in [3.63, 3.8) is 0 Å². The molecule has 21 heavy (non-hydrogen) atoms. The summed E-state index contributed by atoms with van der Waals surface area (Å²) in [5.74, 6) is 1.34. The number of piperidine rings is 1. The van der Waals surface area contributed by atoms with Gasteiger partial charge in [-0.15, -0.1) is 0 Å². The predicted octanol–water partition coefficient (Wildman–Crippen LogP) is 3.40. The molecule has 2 rings (SSSR count). The second-order valence-corrected chi connectivity index (χ2v) is 6.46. The van der Waals surface area contributed by atoms with Crippen LogP contribution in [0.4, 0.5) is 0 Å². The van der Waals surface area contributed by atoms with Crippen molar-refractivity contribution >= 4 is 5.91 Å². The molecule has 2 N–H and O–H groups in total. The number of carbonyl (C=O) groups excluding carboxylic acids is 1. The zero-order valence-electron chi connectivity index (χ0n) is 13.5. The molecule has 0 aliphatic carbocycles. The molecule has 1 fully saturated rings. The third kappa shape index (κ3) is 3.65. The van der Waals surface area contributed by atoms with Gasteiger partial charge in [0.25, 0.3) is 5.91 Å². The molecular formula is C18H28N2O. The second kappa shape index (κ2) is 7.08. The Kier molecular flexibility index (Phi) is 5.40. The first-order valence-electron chi connectivity index (χ1n) is 8.17. The molecule has 0 aromatic heterocycles. The van der Waals surface area contributed by atoms with E-state index in [4.69, 9.17) is 5.73 Å². The fourth-order valence-electron chi connectivity index (χ4n) is 3.17. The summed E-state index contributed by atoms with van der Waals surface area (Å²) in [6, 6.07) is 8.23. The van der Waals surface area contributed by atoms with Gasteiger partial charge in [-0.05, 0) is 42.4 Å². The standard InChI is InChI=1S/C18H28N2O/c1-4-14-9-10-20(17(11-14)12-19)18(21)16-7-5-15(6-8-16)13(2)3/h5-8,13-14,17H,4,9-12,19H2,1-3H3. The number of amides is 1. The SMILES string of the molecule is CCC1CCN(C(=O)c2ccc(C(C)C)cc2)C(CN)C1. The molecule has 2 unspecified atom stereocenters. The van der Waals surface area contributed by atoms with Gasteiger partial charge in [-0.2, -0.15) is 0 Å². The summed E-state index contributed by atoms with van der Waals surface area (Å²) in [5, 5.41) is 0. The highest BCUT2D eigenvalue weighted by molar-refractivity contribution is 5.94. The van der Waals surface area contributed by atoms with Crippen LogP contribution in [0.3, 0.4) is 0 Å². The molecule has 1 heterocycles. The molecule has 3 heteroatoms. The third-order valence-corrected chi connectivity index (χ3v) is 4.76. The van der Waals surface area contributed by atoms with Crippen molar-refractivity contribution in [3.8, 4) is 0 Å². The number of hydrogen-bond acceptors (Lipinski definition) is 2. The van der Waals surface area contributed by atoms with Crippen molar-refractivity contribution in [1.82, 2.24) is 4.90 Å². The van der Waals surface area contributed by atoms with Crippen LogP contribution in [0, 0.1) is 5.92 Å². The number of nitrogens with zero attached hydrogens (tertiary/aromatic N) is 1. The Bertz CT molecular complexity index is 467. The molecule has 1 amide bonds. The van der Waals surface area contributed by atoms with Gasteiger partial charge < -0.3 is 10.6 Å². The molecule has 0 bridgehead atoms. The minimum Gasteiger partial charge on any atom is -0.334 e. The van der Waals surface area contributed by atoms with Crippen LogP contribution in [0.2, 0.25) is 0 Å². The molecule has 116 valence electrons. The Morgan fingerprint density at radius 3 is 2.52 bits per heavy atom. The zero-order chi connectivity index (χ0) is 15.4. The van der Waals surface area contributed by atoms with Crippen LogP contribution >= 0.6 is 0 Å². The fraction of sp³-hybridized carbons (Fsp3) is 0.611. The number of rotatable bonds is 4. The summed E-state index contributed by atoms with van der Waals surface area (Å²) in [5.41, 5.74) is 7.95. The van der Waals surface area contributed by atoms with Crippen LogP contribution in [0.5, 0.6) is 0 Å². The lowest BCUT2D eigenvalue weighted by atomic mass is 9.88. The van der Waals surface area contributed by atoms with E-state index in [2.05, 4.69) is 32.9 Å². The van der Waals surface area contributed by atoms with Crippen LogP contribution in [-0.4, -0.2) is 29.9 Å². The van der Waals surface area contributed by atoms with Crippen molar-refractivity contribution in [2.45, 2.75) is 52.0 Å². The van der Waals surface area contributed by atoms with Gasteiger partial charge in [0.1, 0.15) is 0 Å². The highest BCUT2D eigenvalue weighted by atomic mass is 16.2. The van der Waals surface area contributed by atoms with Crippen molar-refractivity contribution in [2.75, 3.05) is 13.1 Å². The quantitative estimate of drug-likeness (QED) is 0.923. The van der Waals surface area contributed by atoms with Crippen LogP contribution in [0.15, 0.2) is 24.3 Å². The first-order chi connectivity index (χ1) is 10.1. The molecule has 0 saturated carbocycles. The lowest BCUT2D eigenvalue weighted by Gasteiger charge is -2.39. The predicted molar refractivity (Wildman–Crippen MR) is 87.4 cm³/mol. The van der Waals surface area contributed by atoms with E-state index >= 15 is 0 Å². The molecule has 1 aliphatic rings. The molecule has 3 nitrogen and oxygen atoms in total. The van der Waals surface area contributed by atoms with Gasteiger partial charge in [0.05, 0.1) is 0 Å². The Morgan fingerprint density at radius 1 is 1.33 bits per heavy atom. The molecule has 1 aliphatic heterocycles. The largest absolute Gasteiger partial charge is 0.334 e. The molecule has 1 saturated heterocycles. The Hall–Kier alpha value is -1.35. The zero-order valence-corrected chi connectivity index (χ0v) is 13.5. The van der Waals surface area contributed by atoms with Crippen LogP contribution < -0.4 is 5.73 Å². The summed E-state index contributed by atoms with van der Waals surface area (Å²) < 4.78 is 0. The Morgan fingerprint density at radius 2 is 2.00 bits per heavy atom. The smallest absolute Gasteiger partial charge is 0.254 e. The second-order valence-electron chi connectivity index (χ2n) is 6.46. The van der Waals surface area contributed by atoms with E-state index in [1.807, 2.05) is 17.0 Å². The maximum atomic E-state index is 12.7. The van der Waals surface area contributed by atoms with Gasteiger partial charge in [-0.1, -0.05) is 39.3 Å². The highest BCUT2D eigenvalue weighted by Crippen LogP contribution is 2.26. The van der Waals surface area contributed by atoms with Gasteiger partial charge in [0.2, 0.25) is 0 Å². The van der Waals surface area contributed by atoms with Crippen LogP contribution in [0.1, 0.15) is 61.9 Å². The fourth-order valence-corrected chi connectivity index (χ4v) is 3.17. The van der Waals surface area contributed by atoms with Gasteiger partial charge in [-0.3, -0.25) is 4.79 Å². The summed E-state index contributed by atoms with van der Waals surface area (Å²) >= 11 is 0. The van der Waals surface area contributed by atoms with Gasteiger partial charge in [0, 0.05) is 24.7 Å². The summed E-state index contributed by atoms with van der Waals surface area (Å²) in [7, 11) is 0. The van der Waals surface area contributed by atoms with E-state index in [0.29, 0.717) is 18.4 Å². The first-order valence-corrected chi connectivity index (χ1v) is 8.17. The number of nitrogens with two attached hydrogens (primary N) is 1. The third-order valence-electron chi connectivity index (χ3n) is 4.76. The lowest BCUT2D eigenvalue weighted by molar-refractivity contribution is 0.0558. The lowest BCUT2D eigenvalue weighted by Crippen LogP contribution is -2.49. The van der Waals surface area contributed by atoms with Crippen molar-refractivity contribution in [3.05, 3.63) is 35.4 Å². The molecule has 0 spiro atoms. The maximum Gasteiger partial charge on any atom is 0.254 e. The topological polar surface area (TPSA) is 46.3 Å². The normalized spacial score (nSPS) is 22.6.